The fraction of sp³-hybridized carbons (Fsp3) is 0.400. The van der Waals surface area contributed by atoms with E-state index >= 15 is 0 Å². The van der Waals surface area contributed by atoms with Gasteiger partial charge in [-0.3, -0.25) is 4.79 Å². The number of aliphatic carboxylic acids is 1. The third-order valence-electron chi connectivity index (χ3n) is 1.41. The Hall–Kier alpha value is -1.68. The molecule has 84 valence electrons. The third kappa shape index (κ3) is 3.18. The fourth-order valence-electron chi connectivity index (χ4n) is 0.730. The molecule has 0 aliphatic heterocycles. The Kier molecular flexibility index (Phi) is 3.21. The van der Waals surface area contributed by atoms with Crippen LogP contribution in [0.25, 0.3) is 0 Å². The Morgan fingerprint density at radius 3 is 2.87 bits per heavy atom. The zero-order valence-electron chi connectivity index (χ0n) is 7.71. The Bertz CT molecular complexity index is 426. The van der Waals surface area contributed by atoms with Gasteiger partial charge in [0.1, 0.15) is 12.9 Å². The normalized spacial score (nSPS) is 11.6. The first kappa shape index (κ1) is 11.4. The summed E-state index contributed by atoms with van der Waals surface area (Å²) in [5.74, 6) is -1.33. The van der Waals surface area contributed by atoms with Crippen molar-refractivity contribution in [3.8, 4) is 0 Å². The van der Waals surface area contributed by atoms with Crippen molar-refractivity contribution >= 4 is 22.1 Å². The molecule has 9 nitrogen and oxygen atoms in total. The number of carboxylic acid groups (broad SMARTS) is 1. The van der Waals surface area contributed by atoms with E-state index in [4.69, 9.17) is 5.11 Å². The highest BCUT2D eigenvalue weighted by atomic mass is 32.2. The minimum Gasteiger partial charge on any atom is -0.480 e. The number of nitrogens with zero attached hydrogens (tertiary/aromatic N) is 3. The van der Waals surface area contributed by atoms with Gasteiger partial charge in [0.2, 0.25) is 5.95 Å². The number of hydrogen-bond donors (Lipinski definition) is 3. The number of aromatic nitrogens is 3. The number of anilines is 1. The molecule has 10 heteroatoms. The van der Waals surface area contributed by atoms with Crippen LogP contribution < -0.4 is 4.72 Å². The topological polar surface area (TPSA) is 128 Å². The van der Waals surface area contributed by atoms with Gasteiger partial charge in [-0.2, -0.15) is 22.8 Å². The molecule has 0 fully saturated rings. The maximum Gasteiger partial charge on any atom is 0.318 e. The number of H-pyrrole nitrogens is 1. The monoisotopic (exact) mass is 235 g/mol. The summed E-state index contributed by atoms with van der Waals surface area (Å²) in [5.41, 5.74) is 0. The molecule has 0 unspecified atom stereocenters. The predicted molar refractivity (Wildman–Crippen MR) is 49.2 cm³/mol. The quantitative estimate of drug-likeness (QED) is 0.568. The zero-order chi connectivity index (χ0) is 11.5. The maximum absolute atomic E-state index is 11.4. The van der Waals surface area contributed by atoms with Gasteiger partial charge in [0.05, 0.1) is 0 Å². The lowest BCUT2D eigenvalue weighted by atomic mass is 10.7. The highest BCUT2D eigenvalue weighted by molar-refractivity contribution is 7.90. The van der Waals surface area contributed by atoms with Crippen molar-refractivity contribution < 1.29 is 18.3 Å². The minimum absolute atomic E-state index is 0.0766. The van der Waals surface area contributed by atoms with E-state index in [1.165, 1.54) is 0 Å². The van der Waals surface area contributed by atoms with Crippen LogP contribution in [0.15, 0.2) is 6.33 Å². The smallest absolute Gasteiger partial charge is 0.318 e. The maximum atomic E-state index is 11.4. The van der Waals surface area contributed by atoms with Crippen LogP contribution >= 0.6 is 0 Å². The largest absolute Gasteiger partial charge is 0.480 e. The van der Waals surface area contributed by atoms with Crippen molar-refractivity contribution in [1.29, 1.82) is 0 Å². The first-order valence-corrected chi connectivity index (χ1v) is 5.17. The van der Waals surface area contributed by atoms with E-state index in [0.29, 0.717) is 4.31 Å². The molecule has 1 aromatic heterocycles. The number of likely N-dealkylation sites (N-methyl/N-ethyl adjacent to an activating group) is 1. The van der Waals surface area contributed by atoms with Crippen LogP contribution in [0.3, 0.4) is 0 Å². The predicted octanol–water partition coefficient (Wildman–Crippen LogP) is -1.52. The number of aromatic amines is 1. The van der Waals surface area contributed by atoms with Crippen LogP contribution in [0.1, 0.15) is 0 Å². The second-order valence-electron chi connectivity index (χ2n) is 2.59. The Balaban J connectivity index is 2.71. The molecular weight excluding hydrogens is 226 g/mol. The van der Waals surface area contributed by atoms with E-state index in [1.54, 1.807) is 0 Å². The third-order valence-corrected chi connectivity index (χ3v) is 2.81. The molecule has 0 saturated carbocycles. The van der Waals surface area contributed by atoms with Crippen molar-refractivity contribution in [2.24, 2.45) is 0 Å². The molecule has 0 amide bonds. The van der Waals surface area contributed by atoms with E-state index in [9.17, 15) is 13.2 Å². The van der Waals surface area contributed by atoms with E-state index in [-0.39, 0.29) is 5.95 Å². The summed E-state index contributed by atoms with van der Waals surface area (Å²) in [7, 11) is -2.78. The number of nitrogens with one attached hydrogen (secondary N) is 2. The molecular formula is C5H9N5O4S. The van der Waals surface area contributed by atoms with Crippen molar-refractivity contribution in [3.63, 3.8) is 0 Å². The molecule has 0 spiro atoms. The van der Waals surface area contributed by atoms with Gasteiger partial charge in [-0.15, -0.1) is 0 Å². The van der Waals surface area contributed by atoms with Crippen LogP contribution in [-0.4, -0.2) is 52.6 Å². The SMILES string of the molecule is CN(CC(=O)O)S(=O)(=O)Nc1ncn[nH]1. The molecule has 1 aromatic rings. The zero-order valence-corrected chi connectivity index (χ0v) is 8.52. The molecule has 0 radical (unpaired) electrons. The summed E-state index contributed by atoms with van der Waals surface area (Å²) in [6.45, 7) is -0.635. The highest BCUT2D eigenvalue weighted by Gasteiger charge is 2.20. The summed E-state index contributed by atoms with van der Waals surface area (Å²) >= 11 is 0. The lowest BCUT2D eigenvalue weighted by Crippen LogP contribution is -2.36. The fourth-order valence-corrected chi connectivity index (χ4v) is 1.51. The molecule has 1 heterocycles. The van der Waals surface area contributed by atoms with Gasteiger partial charge in [0, 0.05) is 7.05 Å². The molecule has 0 saturated heterocycles. The van der Waals surface area contributed by atoms with E-state index in [2.05, 4.69) is 15.2 Å². The Morgan fingerprint density at radius 2 is 2.40 bits per heavy atom. The first-order chi connectivity index (χ1) is 6.92. The van der Waals surface area contributed by atoms with E-state index < -0.39 is 22.7 Å². The van der Waals surface area contributed by atoms with Gasteiger partial charge >= 0.3 is 16.2 Å². The molecule has 0 bridgehead atoms. The van der Waals surface area contributed by atoms with Gasteiger partial charge < -0.3 is 5.11 Å². The van der Waals surface area contributed by atoms with Crippen LogP contribution in [-0.2, 0) is 15.0 Å². The summed E-state index contributed by atoms with van der Waals surface area (Å²) in [6.07, 6.45) is 1.12. The summed E-state index contributed by atoms with van der Waals surface area (Å²) < 4.78 is 25.4. The van der Waals surface area contributed by atoms with Gasteiger partial charge in [-0.25, -0.2) is 9.82 Å². The molecule has 0 aliphatic rings. The summed E-state index contributed by atoms with van der Waals surface area (Å²) in [6, 6.07) is 0. The average molecular weight is 235 g/mol. The molecule has 0 aromatic carbocycles. The van der Waals surface area contributed by atoms with Crippen LogP contribution in [0.2, 0.25) is 0 Å². The second-order valence-corrected chi connectivity index (χ2v) is 4.37. The standard InChI is InChI=1S/C5H9N5O4S/c1-10(2-4(11)12)15(13,14)9-5-6-3-7-8-5/h3H,2H2,1H3,(H,11,12)(H2,6,7,8,9). The lowest BCUT2D eigenvalue weighted by Gasteiger charge is -2.14. The van der Waals surface area contributed by atoms with Gasteiger partial charge in [-0.1, -0.05) is 0 Å². The van der Waals surface area contributed by atoms with Crippen LogP contribution in [0.4, 0.5) is 5.95 Å². The van der Waals surface area contributed by atoms with E-state index in [0.717, 1.165) is 13.4 Å². The molecule has 15 heavy (non-hydrogen) atoms. The molecule has 1 rings (SSSR count). The molecule has 0 atom stereocenters. The minimum atomic E-state index is -3.91. The van der Waals surface area contributed by atoms with Crippen molar-refractivity contribution in [2.45, 2.75) is 0 Å². The number of carboxylic acids is 1. The highest BCUT2D eigenvalue weighted by Crippen LogP contribution is 2.02. The lowest BCUT2D eigenvalue weighted by molar-refractivity contribution is -0.137. The van der Waals surface area contributed by atoms with Crippen molar-refractivity contribution in [1.82, 2.24) is 19.5 Å². The van der Waals surface area contributed by atoms with Crippen LogP contribution in [0, 0.1) is 0 Å². The van der Waals surface area contributed by atoms with E-state index in [1.807, 2.05) is 4.72 Å². The summed E-state index contributed by atoms with van der Waals surface area (Å²) in [4.78, 5) is 13.8. The Labute approximate surface area is 85.3 Å². The summed E-state index contributed by atoms with van der Waals surface area (Å²) in [5, 5.41) is 14.1. The average Bonchev–Trinajstić information content (AvgIpc) is 2.54. The van der Waals surface area contributed by atoms with Gasteiger partial charge in [-0.05, 0) is 0 Å². The van der Waals surface area contributed by atoms with Crippen molar-refractivity contribution in [3.05, 3.63) is 6.33 Å². The Morgan fingerprint density at radius 1 is 1.73 bits per heavy atom. The van der Waals surface area contributed by atoms with Crippen molar-refractivity contribution in [2.75, 3.05) is 18.3 Å². The van der Waals surface area contributed by atoms with Crippen LogP contribution in [0.5, 0.6) is 0 Å². The molecule has 0 aliphatic carbocycles. The van der Waals surface area contributed by atoms with Gasteiger partial charge in [0.25, 0.3) is 0 Å². The first-order valence-electron chi connectivity index (χ1n) is 3.73. The second kappa shape index (κ2) is 4.23. The molecule has 3 N–H and O–H groups in total. The number of rotatable bonds is 5. The van der Waals surface area contributed by atoms with Gasteiger partial charge in [0.15, 0.2) is 0 Å². The number of carbonyl (C=O) groups is 1. The number of hydrogen-bond acceptors (Lipinski definition) is 5.